The third-order valence-corrected chi connectivity index (χ3v) is 5.57. The van der Waals surface area contributed by atoms with Crippen molar-refractivity contribution in [3.05, 3.63) is 106 Å². The van der Waals surface area contributed by atoms with Gasteiger partial charge in [-0.05, 0) is 41.5 Å². The van der Waals surface area contributed by atoms with Gasteiger partial charge in [0.05, 0.1) is 12.2 Å². The number of carbonyl (C=O) groups excluding carboxylic acids is 1. The Hall–Kier alpha value is -4.32. The highest BCUT2D eigenvalue weighted by molar-refractivity contribution is 6.30. The van der Waals surface area contributed by atoms with Crippen molar-refractivity contribution in [1.82, 2.24) is 25.2 Å². The summed E-state index contributed by atoms with van der Waals surface area (Å²) < 4.78 is 15.2. The number of carboxylic acids is 1. The Balaban J connectivity index is 1.53. The molecule has 4 aromatic rings. The van der Waals surface area contributed by atoms with Gasteiger partial charge in [0.25, 0.3) is 0 Å². The van der Waals surface area contributed by atoms with Crippen LogP contribution in [-0.4, -0.2) is 54.5 Å². The molecule has 37 heavy (non-hydrogen) atoms. The number of hydrazine groups is 1. The number of aliphatic hydroxyl groups is 1. The first-order valence-corrected chi connectivity index (χ1v) is 11.3. The molecule has 1 amide bonds. The van der Waals surface area contributed by atoms with E-state index in [0.29, 0.717) is 27.4 Å². The highest BCUT2D eigenvalue weighted by Gasteiger charge is 2.22. The van der Waals surface area contributed by atoms with E-state index in [1.165, 1.54) is 23.2 Å². The zero-order chi connectivity index (χ0) is 26.5. The van der Waals surface area contributed by atoms with Crippen LogP contribution >= 0.6 is 11.6 Å². The van der Waals surface area contributed by atoms with Crippen molar-refractivity contribution in [2.24, 2.45) is 0 Å². The minimum atomic E-state index is -1.80. The molecule has 190 valence electrons. The number of H-pyrrole nitrogens is 1. The average Bonchev–Trinajstić information content (AvgIpc) is 3.28. The number of aromatic nitrogens is 3. The monoisotopic (exact) mass is 525 g/mol. The van der Waals surface area contributed by atoms with Crippen molar-refractivity contribution in [2.45, 2.75) is 12.6 Å². The Morgan fingerprint density at radius 1 is 1.11 bits per heavy atom. The van der Waals surface area contributed by atoms with E-state index in [-0.39, 0.29) is 12.4 Å². The van der Waals surface area contributed by atoms with Crippen molar-refractivity contribution in [2.75, 3.05) is 6.54 Å². The van der Waals surface area contributed by atoms with Crippen LogP contribution in [0.3, 0.4) is 0 Å². The van der Waals surface area contributed by atoms with Crippen molar-refractivity contribution in [3.63, 3.8) is 0 Å². The van der Waals surface area contributed by atoms with Crippen molar-refractivity contribution >= 4 is 23.5 Å². The maximum atomic E-state index is 14.2. The highest BCUT2D eigenvalue weighted by Crippen LogP contribution is 2.26. The van der Waals surface area contributed by atoms with Crippen LogP contribution in [0.25, 0.3) is 16.8 Å². The largest absolute Gasteiger partial charge is 0.479 e. The van der Waals surface area contributed by atoms with Crippen LogP contribution in [0.4, 0.5) is 4.39 Å². The van der Waals surface area contributed by atoms with Crippen LogP contribution in [0, 0.1) is 5.82 Å². The summed E-state index contributed by atoms with van der Waals surface area (Å²) in [5, 5.41) is 24.6. The number of halogens is 2. The van der Waals surface area contributed by atoms with E-state index in [2.05, 4.69) is 15.5 Å². The van der Waals surface area contributed by atoms with Gasteiger partial charge in [0.2, 0.25) is 5.82 Å². The number of nitrogens with zero attached hydrogens (tertiary/aromatic N) is 3. The molecule has 1 aromatic heterocycles. The number of carboxylic acid groups (broad SMARTS) is 1. The summed E-state index contributed by atoms with van der Waals surface area (Å²) in [7, 11) is 0. The number of nitrogens with one attached hydrogen (secondary N) is 2. The molecule has 4 rings (SSSR count). The van der Waals surface area contributed by atoms with Crippen LogP contribution in [0.1, 0.15) is 16.2 Å². The number of carbonyl (C=O) groups is 2. The molecular weight excluding hydrogens is 505 g/mol. The average molecular weight is 526 g/mol. The number of para-hydroxylation sites is 1. The molecule has 0 aliphatic carbocycles. The fourth-order valence-corrected chi connectivity index (χ4v) is 3.71. The number of aromatic amines is 1. The Labute approximate surface area is 214 Å². The van der Waals surface area contributed by atoms with Crippen molar-refractivity contribution < 1.29 is 24.2 Å². The topological polar surface area (TPSA) is 141 Å². The fraction of sp³-hybridized carbons (Fsp3) is 0.120. The SMILES string of the molecule is O=C(NN(Cc1ccc(-c2cc(Cl)ccc2F)cc1)CC(O)C(=O)O)c1nn(-c2ccccc2)c(=O)[nH]1. The van der Waals surface area contributed by atoms with Gasteiger partial charge in [-0.3, -0.25) is 15.2 Å². The predicted molar refractivity (Wildman–Crippen MR) is 133 cm³/mol. The molecular formula is C25H21ClFN5O5. The van der Waals surface area contributed by atoms with Crippen LogP contribution in [0.2, 0.25) is 5.02 Å². The summed E-state index contributed by atoms with van der Waals surface area (Å²) in [5.41, 5.74) is 3.76. The third-order valence-electron chi connectivity index (χ3n) is 5.34. The molecule has 0 saturated heterocycles. The molecule has 12 heteroatoms. The molecule has 0 radical (unpaired) electrons. The van der Waals surface area contributed by atoms with Gasteiger partial charge in [0.15, 0.2) is 6.10 Å². The van der Waals surface area contributed by atoms with Crippen LogP contribution < -0.4 is 11.1 Å². The molecule has 0 aliphatic rings. The maximum Gasteiger partial charge on any atom is 0.348 e. The van der Waals surface area contributed by atoms with Crippen LogP contribution in [-0.2, 0) is 11.3 Å². The van der Waals surface area contributed by atoms with Gasteiger partial charge in [0.1, 0.15) is 5.82 Å². The summed E-state index contributed by atoms with van der Waals surface area (Å²) in [6.07, 6.45) is -1.80. The second-order valence-corrected chi connectivity index (χ2v) is 8.46. The van der Waals surface area contributed by atoms with Crippen molar-refractivity contribution in [3.8, 4) is 16.8 Å². The molecule has 0 aliphatic heterocycles. The second kappa shape index (κ2) is 11.2. The predicted octanol–water partition coefficient (Wildman–Crippen LogP) is 2.61. The molecule has 10 nitrogen and oxygen atoms in total. The Morgan fingerprint density at radius 3 is 2.49 bits per heavy atom. The van der Waals surface area contributed by atoms with E-state index in [4.69, 9.17) is 16.7 Å². The van der Waals surface area contributed by atoms with E-state index in [1.54, 1.807) is 54.6 Å². The highest BCUT2D eigenvalue weighted by atomic mass is 35.5. The van der Waals surface area contributed by atoms with Gasteiger partial charge in [-0.2, -0.15) is 4.68 Å². The molecule has 1 unspecified atom stereocenters. The Kier molecular flexibility index (Phi) is 7.77. The van der Waals surface area contributed by atoms with Gasteiger partial charge in [-0.1, -0.05) is 54.1 Å². The van der Waals surface area contributed by atoms with E-state index < -0.39 is 36.0 Å². The van der Waals surface area contributed by atoms with E-state index >= 15 is 0 Å². The zero-order valence-electron chi connectivity index (χ0n) is 19.1. The summed E-state index contributed by atoms with van der Waals surface area (Å²) in [6, 6.07) is 19.3. The van der Waals surface area contributed by atoms with Gasteiger partial charge >= 0.3 is 17.6 Å². The first-order chi connectivity index (χ1) is 17.7. The number of benzene rings is 3. The Bertz CT molecular complexity index is 1470. The van der Waals surface area contributed by atoms with E-state index in [0.717, 1.165) is 4.68 Å². The molecule has 0 spiro atoms. The number of amides is 1. The first kappa shape index (κ1) is 25.8. The normalized spacial score (nSPS) is 11.9. The third kappa shape index (κ3) is 6.28. The molecule has 3 aromatic carbocycles. The maximum absolute atomic E-state index is 14.2. The lowest BCUT2D eigenvalue weighted by atomic mass is 10.0. The number of rotatable bonds is 9. The summed E-state index contributed by atoms with van der Waals surface area (Å²) in [4.78, 5) is 38.7. The second-order valence-electron chi connectivity index (χ2n) is 8.02. The molecule has 0 saturated carbocycles. The standard InChI is InChI=1S/C25H21ClFN5O5/c26-17-10-11-20(27)19(12-17)16-8-6-15(7-9-16)13-31(14-21(33)24(35)36)30-23(34)22-28-25(37)32(29-22)18-4-2-1-3-5-18/h1-12,21,33H,13-14H2,(H,30,34)(H,35,36)(H,28,29,37). The van der Waals surface area contributed by atoms with Gasteiger partial charge in [-0.25, -0.2) is 19.0 Å². The minimum absolute atomic E-state index is 0.0159. The lowest BCUT2D eigenvalue weighted by Gasteiger charge is -2.24. The molecule has 4 N–H and O–H groups in total. The van der Waals surface area contributed by atoms with Crippen LogP contribution in [0.5, 0.6) is 0 Å². The quantitative estimate of drug-likeness (QED) is 0.246. The first-order valence-electron chi connectivity index (χ1n) is 11.0. The minimum Gasteiger partial charge on any atom is -0.479 e. The number of hydrogen-bond donors (Lipinski definition) is 4. The number of hydrogen-bond acceptors (Lipinski definition) is 6. The van der Waals surface area contributed by atoms with Gasteiger partial charge < -0.3 is 10.2 Å². The number of aliphatic hydroxyl groups excluding tert-OH is 1. The fourth-order valence-electron chi connectivity index (χ4n) is 3.53. The Morgan fingerprint density at radius 2 is 1.81 bits per heavy atom. The summed E-state index contributed by atoms with van der Waals surface area (Å²) in [5.74, 6) is -3.05. The number of aliphatic carboxylic acids is 1. The van der Waals surface area contributed by atoms with E-state index in [1.807, 2.05) is 0 Å². The molecule has 1 atom stereocenters. The van der Waals surface area contributed by atoms with Gasteiger partial charge in [-0.15, -0.1) is 5.10 Å². The molecule has 0 bridgehead atoms. The molecule has 1 heterocycles. The van der Waals surface area contributed by atoms with Gasteiger partial charge in [0, 0.05) is 17.1 Å². The lowest BCUT2D eigenvalue weighted by Crippen LogP contribution is -2.47. The lowest BCUT2D eigenvalue weighted by molar-refractivity contribution is -0.148. The van der Waals surface area contributed by atoms with Crippen molar-refractivity contribution in [1.29, 1.82) is 0 Å². The van der Waals surface area contributed by atoms with E-state index in [9.17, 15) is 23.9 Å². The zero-order valence-corrected chi connectivity index (χ0v) is 19.9. The molecule has 0 fully saturated rings. The van der Waals surface area contributed by atoms with Crippen LogP contribution in [0.15, 0.2) is 77.6 Å². The smallest absolute Gasteiger partial charge is 0.348 e. The summed E-state index contributed by atoms with van der Waals surface area (Å²) in [6.45, 7) is -0.479. The summed E-state index contributed by atoms with van der Waals surface area (Å²) >= 11 is 5.97.